The van der Waals surface area contributed by atoms with Gasteiger partial charge in [-0.15, -0.1) is 10.2 Å². The van der Waals surface area contributed by atoms with E-state index in [1.54, 1.807) is 54.1 Å². The second-order valence-corrected chi connectivity index (χ2v) is 8.49. The summed E-state index contributed by atoms with van der Waals surface area (Å²) < 4.78 is 21.5. The second kappa shape index (κ2) is 10.1. The second-order valence-electron chi connectivity index (χ2n) is 7.12. The number of halogens is 2. The summed E-state index contributed by atoms with van der Waals surface area (Å²) in [7, 11) is 1.58. The zero-order valence-corrected chi connectivity index (χ0v) is 19.5. The van der Waals surface area contributed by atoms with Crippen LogP contribution in [0, 0.1) is 12.7 Å². The predicted octanol–water partition coefficient (Wildman–Crippen LogP) is 5.77. The van der Waals surface area contributed by atoms with E-state index >= 15 is 0 Å². The summed E-state index contributed by atoms with van der Waals surface area (Å²) in [6, 6.07) is 18.9. The molecule has 9 heteroatoms. The third-order valence-electron chi connectivity index (χ3n) is 4.88. The standard InChI is InChI=1S/C24H20ClFN4O2S/c1-15-7-8-16(25)13-21(15)27-22(31)14-33-24-29-28-23(19-5-3-4-6-20(19)26)30(24)17-9-11-18(32-2)12-10-17/h3-13H,14H2,1-2H3,(H,27,31). The first-order chi connectivity index (χ1) is 16.0. The van der Waals surface area contributed by atoms with Gasteiger partial charge in [0.05, 0.1) is 24.1 Å². The van der Waals surface area contributed by atoms with Crippen LogP contribution in [0.4, 0.5) is 10.1 Å². The Morgan fingerprint density at radius 2 is 1.88 bits per heavy atom. The molecule has 4 aromatic rings. The summed E-state index contributed by atoms with van der Waals surface area (Å²) in [6.45, 7) is 1.89. The number of aromatic nitrogens is 3. The van der Waals surface area contributed by atoms with E-state index in [-0.39, 0.29) is 11.7 Å². The molecule has 0 saturated carbocycles. The lowest BCUT2D eigenvalue weighted by Crippen LogP contribution is -2.15. The number of amides is 1. The monoisotopic (exact) mass is 482 g/mol. The first-order valence-electron chi connectivity index (χ1n) is 10.00. The molecule has 168 valence electrons. The van der Waals surface area contributed by atoms with Crippen LogP contribution in [-0.2, 0) is 4.79 Å². The van der Waals surface area contributed by atoms with Crippen LogP contribution in [0.2, 0.25) is 5.02 Å². The smallest absolute Gasteiger partial charge is 0.234 e. The average molecular weight is 483 g/mol. The largest absolute Gasteiger partial charge is 0.497 e. The van der Waals surface area contributed by atoms with Crippen LogP contribution in [0.15, 0.2) is 71.9 Å². The van der Waals surface area contributed by atoms with Crippen LogP contribution < -0.4 is 10.1 Å². The van der Waals surface area contributed by atoms with E-state index in [1.165, 1.54) is 17.8 Å². The molecular weight excluding hydrogens is 463 g/mol. The minimum atomic E-state index is -0.412. The number of hydrogen-bond donors (Lipinski definition) is 1. The number of nitrogens with zero attached hydrogens (tertiary/aromatic N) is 3. The van der Waals surface area contributed by atoms with Gasteiger partial charge in [0.15, 0.2) is 11.0 Å². The molecule has 1 heterocycles. The molecule has 0 aliphatic heterocycles. The van der Waals surface area contributed by atoms with Crippen molar-refractivity contribution in [3.8, 4) is 22.8 Å². The molecule has 0 unspecified atom stereocenters. The van der Waals surface area contributed by atoms with Crippen molar-refractivity contribution in [3.63, 3.8) is 0 Å². The molecule has 0 radical (unpaired) electrons. The van der Waals surface area contributed by atoms with Gasteiger partial charge in [0, 0.05) is 10.7 Å². The number of methoxy groups -OCH3 is 1. The summed E-state index contributed by atoms with van der Waals surface area (Å²) in [6.07, 6.45) is 0. The van der Waals surface area contributed by atoms with Crippen molar-refractivity contribution >= 4 is 35.0 Å². The van der Waals surface area contributed by atoms with Crippen LogP contribution >= 0.6 is 23.4 Å². The first kappa shape index (κ1) is 22.8. The van der Waals surface area contributed by atoms with E-state index < -0.39 is 5.82 Å². The van der Waals surface area contributed by atoms with Crippen molar-refractivity contribution in [2.45, 2.75) is 12.1 Å². The Kier molecular flexibility index (Phi) is 6.96. The lowest BCUT2D eigenvalue weighted by Gasteiger charge is -2.12. The van der Waals surface area contributed by atoms with Crippen molar-refractivity contribution in [1.29, 1.82) is 0 Å². The third-order valence-corrected chi connectivity index (χ3v) is 6.05. The number of carbonyl (C=O) groups is 1. The number of rotatable bonds is 7. The number of anilines is 1. The Balaban J connectivity index is 1.63. The zero-order chi connectivity index (χ0) is 23.4. The van der Waals surface area contributed by atoms with Gasteiger partial charge in [-0.2, -0.15) is 0 Å². The molecule has 0 atom stereocenters. The maximum Gasteiger partial charge on any atom is 0.234 e. The van der Waals surface area contributed by atoms with Gasteiger partial charge in [0.1, 0.15) is 11.6 Å². The molecular formula is C24H20ClFN4O2S. The molecule has 1 amide bonds. The molecule has 33 heavy (non-hydrogen) atoms. The van der Waals surface area contributed by atoms with Gasteiger partial charge < -0.3 is 10.1 Å². The molecule has 0 bridgehead atoms. The SMILES string of the molecule is COc1ccc(-n2c(SCC(=O)Nc3cc(Cl)ccc3C)nnc2-c2ccccc2F)cc1. The number of thioether (sulfide) groups is 1. The van der Waals surface area contributed by atoms with Crippen LogP contribution in [0.5, 0.6) is 5.75 Å². The molecule has 4 rings (SSSR count). The van der Waals surface area contributed by atoms with E-state index in [2.05, 4.69) is 15.5 Å². The van der Waals surface area contributed by atoms with Crippen LogP contribution in [0.3, 0.4) is 0 Å². The Labute approximate surface area is 199 Å². The van der Waals surface area contributed by atoms with E-state index in [0.29, 0.717) is 38.7 Å². The molecule has 1 N–H and O–H groups in total. The number of nitrogens with one attached hydrogen (secondary N) is 1. The van der Waals surface area contributed by atoms with Crippen molar-refractivity contribution in [2.75, 3.05) is 18.2 Å². The number of ether oxygens (including phenoxy) is 1. The molecule has 0 saturated heterocycles. The fourth-order valence-electron chi connectivity index (χ4n) is 3.19. The highest BCUT2D eigenvalue weighted by Gasteiger charge is 2.19. The van der Waals surface area contributed by atoms with Crippen molar-refractivity contribution < 1.29 is 13.9 Å². The maximum atomic E-state index is 14.5. The third kappa shape index (κ3) is 5.18. The van der Waals surface area contributed by atoms with Crippen LogP contribution in [0.25, 0.3) is 17.1 Å². The van der Waals surface area contributed by atoms with E-state index in [9.17, 15) is 9.18 Å². The summed E-state index contributed by atoms with van der Waals surface area (Å²) in [5.41, 5.74) is 2.58. The molecule has 6 nitrogen and oxygen atoms in total. The van der Waals surface area contributed by atoms with Gasteiger partial charge in [0.2, 0.25) is 5.91 Å². The van der Waals surface area contributed by atoms with Gasteiger partial charge in [-0.25, -0.2) is 4.39 Å². The fraction of sp³-hybridized carbons (Fsp3) is 0.125. The lowest BCUT2D eigenvalue weighted by molar-refractivity contribution is -0.113. The Hall–Kier alpha value is -3.36. The summed E-state index contributed by atoms with van der Waals surface area (Å²) in [5.74, 6) is 0.474. The van der Waals surface area contributed by atoms with Crippen molar-refractivity contribution in [2.24, 2.45) is 0 Å². The summed E-state index contributed by atoms with van der Waals surface area (Å²) >= 11 is 7.24. The van der Waals surface area contributed by atoms with Crippen LogP contribution in [0.1, 0.15) is 5.56 Å². The Morgan fingerprint density at radius 3 is 2.61 bits per heavy atom. The number of aryl methyl sites for hydroxylation is 1. The van der Waals surface area contributed by atoms with E-state index in [4.69, 9.17) is 16.3 Å². The molecule has 1 aromatic heterocycles. The Morgan fingerprint density at radius 1 is 1.12 bits per heavy atom. The lowest BCUT2D eigenvalue weighted by atomic mass is 10.2. The predicted molar refractivity (Wildman–Crippen MR) is 129 cm³/mol. The topological polar surface area (TPSA) is 69.0 Å². The van der Waals surface area contributed by atoms with Gasteiger partial charge in [0.25, 0.3) is 0 Å². The summed E-state index contributed by atoms with van der Waals surface area (Å²) in [4.78, 5) is 12.6. The molecule has 0 aliphatic carbocycles. The van der Waals surface area contributed by atoms with Gasteiger partial charge >= 0.3 is 0 Å². The van der Waals surface area contributed by atoms with Crippen molar-refractivity contribution in [3.05, 3.63) is 83.1 Å². The van der Waals surface area contributed by atoms with Gasteiger partial charge in [-0.1, -0.05) is 41.6 Å². The quantitative estimate of drug-likeness (QED) is 0.338. The highest BCUT2D eigenvalue weighted by atomic mass is 35.5. The Bertz CT molecular complexity index is 1290. The maximum absolute atomic E-state index is 14.5. The first-order valence-corrected chi connectivity index (χ1v) is 11.4. The average Bonchev–Trinajstić information content (AvgIpc) is 3.24. The molecule has 0 fully saturated rings. The van der Waals surface area contributed by atoms with Crippen LogP contribution in [-0.4, -0.2) is 33.5 Å². The highest BCUT2D eigenvalue weighted by Crippen LogP contribution is 2.30. The highest BCUT2D eigenvalue weighted by molar-refractivity contribution is 7.99. The summed E-state index contributed by atoms with van der Waals surface area (Å²) in [5, 5.41) is 12.3. The number of benzene rings is 3. The van der Waals surface area contributed by atoms with E-state index in [1.807, 2.05) is 25.1 Å². The van der Waals surface area contributed by atoms with E-state index in [0.717, 1.165) is 5.56 Å². The minimum absolute atomic E-state index is 0.0809. The number of carbonyl (C=O) groups excluding carboxylic acids is 1. The minimum Gasteiger partial charge on any atom is -0.497 e. The molecule has 0 spiro atoms. The van der Waals surface area contributed by atoms with Gasteiger partial charge in [-0.05, 0) is 61.0 Å². The normalized spacial score (nSPS) is 10.8. The molecule has 0 aliphatic rings. The zero-order valence-electron chi connectivity index (χ0n) is 17.9. The van der Waals surface area contributed by atoms with Gasteiger partial charge in [-0.3, -0.25) is 9.36 Å². The van der Waals surface area contributed by atoms with Crippen molar-refractivity contribution in [1.82, 2.24) is 14.8 Å². The number of hydrogen-bond acceptors (Lipinski definition) is 5. The molecule has 3 aromatic carbocycles. The fourth-order valence-corrected chi connectivity index (χ4v) is 4.11.